The Morgan fingerprint density at radius 3 is 2.11 bits per heavy atom. The van der Waals surface area contributed by atoms with Crippen LogP contribution < -0.4 is 19.1 Å². The van der Waals surface area contributed by atoms with Gasteiger partial charge in [0.25, 0.3) is 21.8 Å². The SMILES string of the molecule is COc1ccc(N(C)S(=O)(=O)c2cccc(C(=O)Nc3cc(C(=O)N(C)C)ccc3OC)c2)cc1. The van der Waals surface area contributed by atoms with Crippen LogP contribution in [0.4, 0.5) is 11.4 Å². The second-order valence-electron chi connectivity index (χ2n) is 7.77. The lowest BCUT2D eigenvalue weighted by Crippen LogP contribution is -2.27. The predicted molar refractivity (Wildman–Crippen MR) is 134 cm³/mol. The van der Waals surface area contributed by atoms with Gasteiger partial charge in [0.1, 0.15) is 11.5 Å². The van der Waals surface area contributed by atoms with E-state index in [0.717, 1.165) is 4.31 Å². The molecule has 0 unspecified atom stereocenters. The highest BCUT2D eigenvalue weighted by atomic mass is 32.2. The van der Waals surface area contributed by atoms with E-state index in [4.69, 9.17) is 9.47 Å². The lowest BCUT2D eigenvalue weighted by Gasteiger charge is -2.20. The number of anilines is 2. The molecule has 0 aliphatic heterocycles. The number of ether oxygens (including phenoxy) is 2. The second kappa shape index (κ2) is 10.5. The molecule has 0 atom stereocenters. The van der Waals surface area contributed by atoms with Crippen molar-refractivity contribution in [2.24, 2.45) is 0 Å². The topological polar surface area (TPSA) is 105 Å². The standard InChI is InChI=1S/C25H27N3O6S/c1-27(2)25(30)18-9-14-23(34-5)22(16-18)26-24(29)17-7-6-8-21(15-17)35(31,32)28(3)19-10-12-20(33-4)13-11-19/h6-16H,1-5H3,(H,26,29). The van der Waals surface area contributed by atoms with Gasteiger partial charge in [-0.05, 0) is 60.7 Å². The largest absolute Gasteiger partial charge is 0.497 e. The van der Waals surface area contributed by atoms with Crippen LogP contribution in [0.5, 0.6) is 11.5 Å². The lowest BCUT2D eigenvalue weighted by atomic mass is 10.1. The van der Waals surface area contributed by atoms with Crippen molar-refractivity contribution in [3.63, 3.8) is 0 Å². The van der Waals surface area contributed by atoms with Crippen molar-refractivity contribution >= 4 is 33.2 Å². The summed E-state index contributed by atoms with van der Waals surface area (Å²) in [6.45, 7) is 0. The van der Waals surface area contributed by atoms with E-state index in [1.54, 1.807) is 50.5 Å². The van der Waals surface area contributed by atoms with E-state index in [-0.39, 0.29) is 22.1 Å². The Hall–Kier alpha value is -4.05. The number of methoxy groups -OCH3 is 2. The highest BCUT2D eigenvalue weighted by Crippen LogP contribution is 2.28. The van der Waals surface area contributed by atoms with E-state index in [2.05, 4.69) is 5.32 Å². The van der Waals surface area contributed by atoms with Gasteiger partial charge in [0, 0.05) is 32.3 Å². The summed E-state index contributed by atoms with van der Waals surface area (Å²) < 4.78 is 38.0. The van der Waals surface area contributed by atoms with Gasteiger partial charge in [-0.3, -0.25) is 13.9 Å². The lowest BCUT2D eigenvalue weighted by molar-refractivity contribution is 0.0827. The Labute approximate surface area is 204 Å². The molecule has 0 fully saturated rings. The van der Waals surface area contributed by atoms with Crippen LogP contribution >= 0.6 is 0 Å². The number of benzene rings is 3. The number of hydrogen-bond acceptors (Lipinski definition) is 6. The number of sulfonamides is 1. The first-order valence-electron chi connectivity index (χ1n) is 10.5. The summed E-state index contributed by atoms with van der Waals surface area (Å²) >= 11 is 0. The minimum absolute atomic E-state index is 0.0491. The molecule has 35 heavy (non-hydrogen) atoms. The monoisotopic (exact) mass is 497 g/mol. The molecule has 3 aromatic carbocycles. The molecule has 9 nitrogen and oxygen atoms in total. The number of nitrogens with zero attached hydrogens (tertiary/aromatic N) is 2. The normalized spacial score (nSPS) is 10.9. The molecule has 3 aromatic rings. The zero-order chi connectivity index (χ0) is 25.8. The minimum atomic E-state index is -3.94. The first-order valence-corrected chi connectivity index (χ1v) is 12.0. The third kappa shape index (κ3) is 5.55. The van der Waals surface area contributed by atoms with Gasteiger partial charge in [0.2, 0.25) is 0 Å². The quantitative estimate of drug-likeness (QED) is 0.511. The number of amides is 2. The molecule has 0 bridgehead atoms. The van der Waals surface area contributed by atoms with Crippen molar-refractivity contribution in [2.75, 3.05) is 45.0 Å². The van der Waals surface area contributed by atoms with Gasteiger partial charge in [-0.1, -0.05) is 6.07 Å². The average Bonchev–Trinajstić information content (AvgIpc) is 2.87. The van der Waals surface area contributed by atoms with Crippen LogP contribution in [0, 0.1) is 0 Å². The predicted octanol–water partition coefficient (Wildman–Crippen LogP) is 3.48. The van der Waals surface area contributed by atoms with E-state index < -0.39 is 15.9 Å². The first kappa shape index (κ1) is 25.6. The molecular formula is C25H27N3O6S. The molecule has 0 aliphatic carbocycles. The van der Waals surface area contributed by atoms with Crippen molar-refractivity contribution < 1.29 is 27.5 Å². The summed E-state index contributed by atoms with van der Waals surface area (Å²) in [6, 6.07) is 17.0. The molecule has 10 heteroatoms. The molecule has 2 amide bonds. The molecule has 0 saturated carbocycles. The number of hydrogen-bond donors (Lipinski definition) is 1. The molecule has 0 radical (unpaired) electrons. The Bertz CT molecular complexity index is 1340. The van der Waals surface area contributed by atoms with Crippen molar-refractivity contribution in [1.82, 2.24) is 4.90 Å². The number of rotatable bonds is 8. The maximum atomic E-state index is 13.2. The van der Waals surface area contributed by atoms with E-state index in [1.165, 1.54) is 56.5 Å². The van der Waals surface area contributed by atoms with E-state index in [1.807, 2.05) is 0 Å². The Morgan fingerprint density at radius 1 is 0.829 bits per heavy atom. The highest BCUT2D eigenvalue weighted by molar-refractivity contribution is 7.92. The van der Waals surface area contributed by atoms with Gasteiger partial charge in [-0.15, -0.1) is 0 Å². The molecule has 0 aliphatic rings. The van der Waals surface area contributed by atoms with E-state index in [0.29, 0.717) is 22.7 Å². The van der Waals surface area contributed by atoms with Gasteiger partial charge in [-0.25, -0.2) is 8.42 Å². The maximum Gasteiger partial charge on any atom is 0.264 e. The smallest absolute Gasteiger partial charge is 0.264 e. The molecule has 0 aromatic heterocycles. The number of carbonyl (C=O) groups is 2. The molecule has 0 heterocycles. The summed E-state index contributed by atoms with van der Waals surface area (Å²) in [7, 11) is 3.71. The number of carbonyl (C=O) groups excluding carboxylic acids is 2. The van der Waals surface area contributed by atoms with Crippen LogP contribution in [0.1, 0.15) is 20.7 Å². The second-order valence-corrected chi connectivity index (χ2v) is 9.74. The summed E-state index contributed by atoms with van der Waals surface area (Å²) in [5.74, 6) is 0.168. The minimum Gasteiger partial charge on any atom is -0.497 e. The van der Waals surface area contributed by atoms with Crippen LogP contribution in [-0.2, 0) is 10.0 Å². The Balaban J connectivity index is 1.89. The highest BCUT2D eigenvalue weighted by Gasteiger charge is 2.23. The third-order valence-corrected chi connectivity index (χ3v) is 7.07. The third-order valence-electron chi connectivity index (χ3n) is 5.29. The molecule has 184 valence electrons. The van der Waals surface area contributed by atoms with Gasteiger partial charge in [-0.2, -0.15) is 0 Å². The van der Waals surface area contributed by atoms with E-state index in [9.17, 15) is 18.0 Å². The molecule has 0 spiro atoms. The Morgan fingerprint density at radius 2 is 1.51 bits per heavy atom. The van der Waals surface area contributed by atoms with Gasteiger partial charge < -0.3 is 19.7 Å². The van der Waals surface area contributed by atoms with Crippen LogP contribution in [-0.4, -0.2) is 60.5 Å². The molecule has 3 rings (SSSR count). The molecule has 1 N–H and O–H groups in total. The van der Waals surface area contributed by atoms with Gasteiger partial charge in [0.05, 0.1) is 30.5 Å². The Kier molecular flexibility index (Phi) is 7.65. The van der Waals surface area contributed by atoms with Gasteiger partial charge in [0.15, 0.2) is 0 Å². The van der Waals surface area contributed by atoms with Crippen molar-refractivity contribution in [2.45, 2.75) is 4.90 Å². The van der Waals surface area contributed by atoms with Gasteiger partial charge >= 0.3 is 0 Å². The zero-order valence-corrected chi connectivity index (χ0v) is 20.9. The van der Waals surface area contributed by atoms with Crippen molar-refractivity contribution in [3.05, 3.63) is 77.9 Å². The first-order chi connectivity index (χ1) is 16.6. The van der Waals surface area contributed by atoms with Crippen molar-refractivity contribution in [1.29, 1.82) is 0 Å². The van der Waals surface area contributed by atoms with E-state index >= 15 is 0 Å². The maximum absolute atomic E-state index is 13.2. The molecular weight excluding hydrogens is 470 g/mol. The number of nitrogens with one attached hydrogen (secondary N) is 1. The van der Waals surface area contributed by atoms with Crippen molar-refractivity contribution in [3.8, 4) is 11.5 Å². The van der Waals surface area contributed by atoms with Crippen LogP contribution in [0.15, 0.2) is 71.6 Å². The van der Waals surface area contributed by atoms with Crippen LogP contribution in [0.25, 0.3) is 0 Å². The fourth-order valence-electron chi connectivity index (χ4n) is 3.28. The summed E-state index contributed by atoms with van der Waals surface area (Å²) in [4.78, 5) is 26.7. The summed E-state index contributed by atoms with van der Waals surface area (Å²) in [5, 5.41) is 2.71. The fourth-order valence-corrected chi connectivity index (χ4v) is 4.52. The zero-order valence-electron chi connectivity index (χ0n) is 20.1. The van der Waals surface area contributed by atoms with Crippen LogP contribution in [0.2, 0.25) is 0 Å². The van der Waals surface area contributed by atoms with Crippen LogP contribution in [0.3, 0.4) is 0 Å². The summed E-state index contributed by atoms with van der Waals surface area (Å²) in [5.41, 5.74) is 1.21. The fraction of sp³-hybridized carbons (Fsp3) is 0.200. The average molecular weight is 498 g/mol. The summed E-state index contributed by atoms with van der Waals surface area (Å²) in [6.07, 6.45) is 0. The molecule has 0 saturated heterocycles.